The molecular weight excluding hydrogens is 228 g/mol. The van der Waals surface area contributed by atoms with E-state index in [2.05, 4.69) is 10.2 Å². The van der Waals surface area contributed by atoms with Gasteiger partial charge in [0.15, 0.2) is 11.5 Å². The maximum absolute atomic E-state index is 11.1. The molecule has 0 heterocycles. The third-order valence-corrected chi connectivity index (χ3v) is 2.11. The molecule has 4 nitrogen and oxygen atoms in total. The Hall–Kier alpha value is -1.68. The van der Waals surface area contributed by atoms with Crippen LogP contribution in [0.15, 0.2) is 46.0 Å². The first-order valence-electron chi connectivity index (χ1n) is 4.59. The van der Waals surface area contributed by atoms with Crippen molar-refractivity contribution in [3.63, 3.8) is 0 Å². The van der Waals surface area contributed by atoms with Gasteiger partial charge in [-0.3, -0.25) is 4.79 Å². The van der Waals surface area contributed by atoms with Crippen LogP contribution in [0.2, 0.25) is 5.02 Å². The van der Waals surface area contributed by atoms with Crippen LogP contribution in [0.4, 0.5) is 5.69 Å². The van der Waals surface area contributed by atoms with Crippen LogP contribution in [0.1, 0.15) is 13.8 Å². The first kappa shape index (κ1) is 12.4. The van der Waals surface area contributed by atoms with Crippen molar-refractivity contribution < 1.29 is 9.90 Å². The molecule has 0 bridgehead atoms. The number of hydrogen-bond acceptors (Lipinski definition) is 4. The summed E-state index contributed by atoms with van der Waals surface area (Å²) in [4.78, 5) is 11.1. The number of rotatable bonds is 3. The smallest absolute Gasteiger partial charge is 0.183 e. The van der Waals surface area contributed by atoms with E-state index in [-0.39, 0.29) is 17.2 Å². The van der Waals surface area contributed by atoms with E-state index in [1.807, 2.05) is 0 Å². The molecule has 0 amide bonds. The van der Waals surface area contributed by atoms with E-state index < -0.39 is 0 Å². The summed E-state index contributed by atoms with van der Waals surface area (Å²) in [6, 6.07) is 6.85. The molecule has 0 radical (unpaired) electrons. The van der Waals surface area contributed by atoms with Crippen LogP contribution in [0.25, 0.3) is 0 Å². The number of Topliss-reactive ketones (excluding diaryl/α,β-unsaturated/α-hetero) is 1. The molecule has 0 saturated heterocycles. The number of carbonyl (C=O) groups is 1. The lowest BCUT2D eigenvalue weighted by molar-refractivity contribution is -0.113. The largest absolute Gasteiger partial charge is 0.510 e. The molecular formula is C11H11ClN2O2. The van der Waals surface area contributed by atoms with Gasteiger partial charge in [-0.05, 0) is 19.1 Å². The molecule has 0 aliphatic carbocycles. The first-order valence-corrected chi connectivity index (χ1v) is 4.97. The Morgan fingerprint density at radius 2 is 1.94 bits per heavy atom. The lowest BCUT2D eigenvalue weighted by atomic mass is 10.3. The van der Waals surface area contributed by atoms with Crippen LogP contribution in [0.5, 0.6) is 0 Å². The number of aliphatic hydroxyl groups excluding tert-OH is 1. The number of carbonyl (C=O) groups excluding carboxylic acids is 1. The highest BCUT2D eigenvalue weighted by atomic mass is 35.5. The summed E-state index contributed by atoms with van der Waals surface area (Å²) in [5.74, 6) is -0.515. The van der Waals surface area contributed by atoms with Gasteiger partial charge in [-0.2, -0.15) is 0 Å². The van der Waals surface area contributed by atoms with E-state index in [1.54, 1.807) is 24.3 Å². The number of nitrogens with zero attached hydrogens (tertiary/aromatic N) is 2. The Kier molecular flexibility index (Phi) is 4.19. The summed E-state index contributed by atoms with van der Waals surface area (Å²) >= 11 is 5.85. The van der Waals surface area contributed by atoms with E-state index >= 15 is 0 Å². The SMILES string of the molecule is CC(=O)C(N=Nc1ccccc1Cl)=C(C)O. The molecule has 0 aliphatic heterocycles. The second-order valence-electron chi connectivity index (χ2n) is 3.14. The maximum atomic E-state index is 11.1. The van der Waals surface area contributed by atoms with Gasteiger partial charge in [0.05, 0.1) is 5.02 Å². The Morgan fingerprint density at radius 1 is 1.31 bits per heavy atom. The molecule has 5 heteroatoms. The van der Waals surface area contributed by atoms with Gasteiger partial charge < -0.3 is 5.11 Å². The van der Waals surface area contributed by atoms with Crippen LogP contribution < -0.4 is 0 Å². The van der Waals surface area contributed by atoms with Crippen LogP contribution >= 0.6 is 11.6 Å². The quantitative estimate of drug-likeness (QED) is 0.495. The van der Waals surface area contributed by atoms with Crippen LogP contribution in [0.3, 0.4) is 0 Å². The standard InChI is InChI=1S/C11H11ClN2O2/c1-7(15)11(8(2)16)14-13-10-6-4-3-5-9(10)12/h3-6,15H,1-2H3. The van der Waals surface area contributed by atoms with E-state index in [0.29, 0.717) is 10.7 Å². The van der Waals surface area contributed by atoms with Crippen molar-refractivity contribution in [1.82, 2.24) is 0 Å². The third kappa shape index (κ3) is 3.17. The Morgan fingerprint density at radius 3 is 2.44 bits per heavy atom. The molecule has 0 aliphatic rings. The van der Waals surface area contributed by atoms with Gasteiger partial charge in [0, 0.05) is 6.92 Å². The Balaban J connectivity index is 3.02. The molecule has 0 unspecified atom stereocenters. The van der Waals surface area contributed by atoms with Gasteiger partial charge in [0.1, 0.15) is 11.4 Å². The van der Waals surface area contributed by atoms with E-state index in [0.717, 1.165) is 0 Å². The predicted molar refractivity (Wildman–Crippen MR) is 62.0 cm³/mol. The van der Waals surface area contributed by atoms with Crippen LogP contribution in [0, 0.1) is 0 Å². The minimum Gasteiger partial charge on any atom is -0.510 e. The molecule has 0 aromatic heterocycles. The molecule has 0 saturated carbocycles. The summed E-state index contributed by atoms with van der Waals surface area (Å²) in [6.45, 7) is 2.68. The maximum Gasteiger partial charge on any atom is 0.183 e. The predicted octanol–water partition coefficient (Wildman–Crippen LogP) is 3.80. The molecule has 84 valence electrons. The van der Waals surface area contributed by atoms with Crippen LogP contribution in [-0.4, -0.2) is 10.9 Å². The highest BCUT2D eigenvalue weighted by molar-refractivity contribution is 6.32. The zero-order valence-corrected chi connectivity index (χ0v) is 9.69. The second-order valence-corrected chi connectivity index (χ2v) is 3.55. The topological polar surface area (TPSA) is 62.0 Å². The number of azo groups is 1. The molecule has 1 aromatic rings. The van der Waals surface area contributed by atoms with Gasteiger partial charge in [0.25, 0.3) is 0 Å². The highest BCUT2D eigenvalue weighted by Crippen LogP contribution is 2.24. The Labute approximate surface area is 98.3 Å². The van der Waals surface area contributed by atoms with Crippen LogP contribution in [-0.2, 0) is 4.79 Å². The van der Waals surface area contributed by atoms with Crippen molar-refractivity contribution >= 4 is 23.1 Å². The minimum absolute atomic E-state index is 0.0695. The molecule has 0 fully saturated rings. The number of hydrogen-bond donors (Lipinski definition) is 1. The minimum atomic E-state index is -0.351. The van der Waals surface area contributed by atoms with Crippen molar-refractivity contribution in [1.29, 1.82) is 0 Å². The molecule has 16 heavy (non-hydrogen) atoms. The van der Waals surface area contributed by atoms with Gasteiger partial charge in [0.2, 0.25) is 0 Å². The van der Waals surface area contributed by atoms with Gasteiger partial charge in [-0.25, -0.2) is 0 Å². The summed E-state index contributed by atoms with van der Waals surface area (Å²) < 4.78 is 0. The fourth-order valence-corrected chi connectivity index (χ4v) is 1.21. The highest BCUT2D eigenvalue weighted by Gasteiger charge is 2.06. The normalized spacial score (nSPS) is 12.7. The molecule has 1 rings (SSSR count). The van der Waals surface area contributed by atoms with E-state index in [9.17, 15) is 9.90 Å². The van der Waals surface area contributed by atoms with Crippen molar-refractivity contribution in [3.05, 3.63) is 40.7 Å². The summed E-state index contributed by atoms with van der Waals surface area (Å²) in [5.41, 5.74) is 0.379. The third-order valence-electron chi connectivity index (χ3n) is 1.79. The number of aliphatic hydroxyl groups is 1. The monoisotopic (exact) mass is 238 g/mol. The van der Waals surface area contributed by atoms with Crippen molar-refractivity contribution in [3.8, 4) is 0 Å². The average Bonchev–Trinajstić information content (AvgIpc) is 2.20. The first-order chi connectivity index (χ1) is 7.52. The fourth-order valence-electron chi connectivity index (χ4n) is 1.03. The molecule has 1 aromatic carbocycles. The second kappa shape index (κ2) is 5.42. The number of halogens is 1. The molecule has 1 N–H and O–H groups in total. The summed E-state index contributed by atoms with van der Waals surface area (Å²) in [7, 11) is 0. The number of benzene rings is 1. The molecule has 0 spiro atoms. The number of ketones is 1. The summed E-state index contributed by atoms with van der Waals surface area (Å²) in [6.07, 6.45) is 0. The lowest BCUT2D eigenvalue weighted by Gasteiger charge is -1.98. The zero-order valence-electron chi connectivity index (χ0n) is 8.94. The van der Waals surface area contributed by atoms with Gasteiger partial charge >= 0.3 is 0 Å². The van der Waals surface area contributed by atoms with Crippen molar-refractivity contribution in [2.24, 2.45) is 10.2 Å². The Bertz CT molecular complexity index is 463. The van der Waals surface area contributed by atoms with E-state index in [1.165, 1.54) is 13.8 Å². The van der Waals surface area contributed by atoms with E-state index in [4.69, 9.17) is 11.6 Å². The summed E-state index contributed by atoms with van der Waals surface area (Å²) in [5, 5.41) is 17.1. The fraction of sp³-hybridized carbons (Fsp3) is 0.182. The van der Waals surface area contributed by atoms with Crippen molar-refractivity contribution in [2.45, 2.75) is 13.8 Å². The number of allylic oxidation sites excluding steroid dienone is 2. The lowest BCUT2D eigenvalue weighted by Crippen LogP contribution is -1.96. The van der Waals surface area contributed by atoms with Gasteiger partial charge in [-0.1, -0.05) is 23.7 Å². The average molecular weight is 239 g/mol. The van der Waals surface area contributed by atoms with Crippen molar-refractivity contribution in [2.75, 3.05) is 0 Å². The molecule has 0 atom stereocenters. The van der Waals surface area contributed by atoms with Gasteiger partial charge in [-0.15, -0.1) is 10.2 Å². The zero-order chi connectivity index (χ0) is 12.1.